The Kier molecular flexibility index (Phi) is 4.99. The number of hydrogen-bond acceptors (Lipinski definition) is 2. The van der Waals surface area contributed by atoms with Gasteiger partial charge in [-0.1, -0.05) is 60.7 Å². The van der Waals surface area contributed by atoms with Crippen LogP contribution >= 0.6 is 0 Å². The van der Waals surface area contributed by atoms with Crippen molar-refractivity contribution in [3.8, 4) is 22.3 Å². The molecule has 0 fully saturated rings. The molecule has 4 rings (SSSR count). The maximum atomic E-state index is 13.9. The number of benzene rings is 4. The average molecular weight is 406 g/mol. The summed E-state index contributed by atoms with van der Waals surface area (Å²) in [5.41, 5.74) is 2.00. The number of halogens is 2. The quantitative estimate of drug-likeness (QED) is 0.408. The van der Waals surface area contributed by atoms with Gasteiger partial charge in [-0.25, -0.2) is 17.2 Å². The highest BCUT2D eigenvalue weighted by Crippen LogP contribution is 2.29. The van der Waals surface area contributed by atoms with E-state index in [0.29, 0.717) is 22.3 Å². The minimum atomic E-state index is -3.74. The topological polar surface area (TPSA) is 34.1 Å². The minimum absolute atomic E-state index is 0.108. The first-order valence-corrected chi connectivity index (χ1v) is 10.4. The van der Waals surface area contributed by atoms with E-state index in [1.807, 2.05) is 0 Å². The van der Waals surface area contributed by atoms with E-state index in [-0.39, 0.29) is 21.4 Å². The molecule has 5 heteroatoms. The van der Waals surface area contributed by atoms with E-state index < -0.39 is 9.84 Å². The highest BCUT2D eigenvalue weighted by Gasteiger charge is 2.18. The molecule has 0 aromatic heterocycles. The molecule has 0 N–H and O–H groups in total. The number of sulfone groups is 1. The van der Waals surface area contributed by atoms with Gasteiger partial charge in [0.2, 0.25) is 9.84 Å². The van der Waals surface area contributed by atoms with Gasteiger partial charge in [0.1, 0.15) is 11.6 Å². The van der Waals surface area contributed by atoms with Crippen molar-refractivity contribution in [2.24, 2.45) is 0 Å². The van der Waals surface area contributed by atoms with Crippen LogP contribution in [-0.4, -0.2) is 8.42 Å². The van der Waals surface area contributed by atoms with Gasteiger partial charge in [0, 0.05) is 11.1 Å². The van der Waals surface area contributed by atoms with Crippen LogP contribution < -0.4 is 0 Å². The normalized spacial score (nSPS) is 11.4. The Morgan fingerprint density at radius 3 is 1.17 bits per heavy atom. The lowest BCUT2D eigenvalue weighted by Crippen LogP contribution is -2.02. The molecule has 0 radical (unpaired) electrons. The Balaban J connectivity index is 1.65. The van der Waals surface area contributed by atoms with Crippen LogP contribution in [0.4, 0.5) is 8.78 Å². The monoisotopic (exact) mass is 406 g/mol. The Bertz CT molecular complexity index is 1170. The van der Waals surface area contributed by atoms with Crippen molar-refractivity contribution < 1.29 is 17.2 Å². The van der Waals surface area contributed by atoms with Gasteiger partial charge in [0.15, 0.2) is 0 Å². The predicted octanol–water partition coefficient (Wildman–Crippen LogP) is 6.13. The summed E-state index contributed by atoms with van der Waals surface area (Å²) in [5.74, 6) is -0.737. The van der Waals surface area contributed by atoms with Crippen molar-refractivity contribution in [2.75, 3.05) is 0 Å². The number of rotatable bonds is 4. The molecule has 4 aromatic rings. The molecule has 144 valence electrons. The van der Waals surface area contributed by atoms with Crippen LogP contribution in [0.2, 0.25) is 0 Å². The Hall–Kier alpha value is -3.31. The third-order valence-corrected chi connectivity index (χ3v) is 6.48. The molecule has 0 saturated heterocycles. The van der Waals surface area contributed by atoms with Crippen LogP contribution in [-0.2, 0) is 9.84 Å². The lowest BCUT2D eigenvalue weighted by Gasteiger charge is -2.09. The van der Waals surface area contributed by atoms with Crippen LogP contribution in [0.3, 0.4) is 0 Å². The summed E-state index contributed by atoms with van der Waals surface area (Å²) < 4.78 is 53.7. The average Bonchev–Trinajstić information content (AvgIpc) is 2.75. The molecule has 0 spiro atoms. The van der Waals surface area contributed by atoms with Crippen molar-refractivity contribution in [3.63, 3.8) is 0 Å². The van der Waals surface area contributed by atoms with E-state index in [9.17, 15) is 17.2 Å². The lowest BCUT2D eigenvalue weighted by molar-refractivity contribution is 0.596. The van der Waals surface area contributed by atoms with Gasteiger partial charge < -0.3 is 0 Å². The van der Waals surface area contributed by atoms with Crippen molar-refractivity contribution in [1.29, 1.82) is 0 Å². The van der Waals surface area contributed by atoms with Crippen LogP contribution in [0.25, 0.3) is 22.3 Å². The zero-order valence-electron chi connectivity index (χ0n) is 15.2. The third kappa shape index (κ3) is 3.69. The highest BCUT2D eigenvalue weighted by atomic mass is 32.2. The van der Waals surface area contributed by atoms with Gasteiger partial charge in [0.25, 0.3) is 0 Å². The summed E-state index contributed by atoms with van der Waals surface area (Å²) in [6.07, 6.45) is 0. The van der Waals surface area contributed by atoms with E-state index in [1.165, 1.54) is 36.4 Å². The van der Waals surface area contributed by atoms with Gasteiger partial charge in [0.05, 0.1) is 9.79 Å². The molecular formula is C24H16F2O2S. The Morgan fingerprint density at radius 1 is 0.483 bits per heavy atom. The lowest BCUT2D eigenvalue weighted by atomic mass is 10.1. The first-order chi connectivity index (χ1) is 14.0. The largest absolute Gasteiger partial charge is 0.219 e. The van der Waals surface area contributed by atoms with E-state index in [4.69, 9.17) is 0 Å². The summed E-state index contributed by atoms with van der Waals surface area (Å²) in [6, 6.07) is 24.8. The smallest absolute Gasteiger partial charge is 0.206 e. The molecule has 0 amide bonds. The second-order valence-electron chi connectivity index (χ2n) is 6.51. The highest BCUT2D eigenvalue weighted by molar-refractivity contribution is 7.91. The van der Waals surface area contributed by atoms with Gasteiger partial charge in [-0.3, -0.25) is 0 Å². The Morgan fingerprint density at radius 2 is 0.828 bits per heavy atom. The summed E-state index contributed by atoms with van der Waals surface area (Å²) in [5, 5.41) is 0. The zero-order chi connectivity index (χ0) is 20.4. The van der Waals surface area contributed by atoms with Gasteiger partial charge in [-0.15, -0.1) is 0 Å². The molecule has 4 aromatic carbocycles. The second-order valence-corrected chi connectivity index (χ2v) is 8.46. The first-order valence-electron chi connectivity index (χ1n) is 8.92. The molecule has 0 aliphatic carbocycles. The second kappa shape index (κ2) is 7.60. The molecule has 29 heavy (non-hydrogen) atoms. The summed E-state index contributed by atoms with van der Waals surface area (Å²) in [4.78, 5) is 0.215. The minimum Gasteiger partial charge on any atom is -0.219 e. The van der Waals surface area contributed by atoms with Crippen LogP contribution in [0, 0.1) is 11.6 Å². The first kappa shape index (κ1) is 19.0. The SMILES string of the molecule is O=S(=O)(c1ccc(-c2ccccc2F)cc1)c1ccc(-c2ccccc2F)cc1. The molecular weight excluding hydrogens is 390 g/mol. The Labute approximate surface area is 168 Å². The van der Waals surface area contributed by atoms with Crippen molar-refractivity contribution >= 4 is 9.84 Å². The van der Waals surface area contributed by atoms with Gasteiger partial charge >= 0.3 is 0 Å². The van der Waals surface area contributed by atoms with Crippen LogP contribution in [0.15, 0.2) is 107 Å². The molecule has 0 saturated carbocycles. The zero-order valence-corrected chi connectivity index (χ0v) is 16.0. The van der Waals surface area contributed by atoms with E-state index in [2.05, 4.69) is 0 Å². The molecule has 0 aliphatic heterocycles. The molecule has 2 nitrogen and oxygen atoms in total. The fourth-order valence-electron chi connectivity index (χ4n) is 3.15. The van der Waals surface area contributed by atoms with Gasteiger partial charge in [-0.2, -0.15) is 0 Å². The van der Waals surface area contributed by atoms with Crippen molar-refractivity contribution in [3.05, 3.63) is 109 Å². The molecule has 0 aliphatic rings. The fraction of sp³-hybridized carbons (Fsp3) is 0. The van der Waals surface area contributed by atoms with Crippen LogP contribution in [0.5, 0.6) is 0 Å². The molecule has 0 atom stereocenters. The van der Waals surface area contributed by atoms with Crippen LogP contribution in [0.1, 0.15) is 0 Å². The predicted molar refractivity (Wildman–Crippen MR) is 109 cm³/mol. The molecule has 0 bridgehead atoms. The standard InChI is InChI=1S/C24H16F2O2S/c25-23-7-3-1-5-21(23)17-9-13-19(14-10-17)29(27,28)20-15-11-18(12-16-20)22-6-2-4-8-24(22)26/h1-16H. The summed E-state index contributed by atoms with van der Waals surface area (Å²) in [7, 11) is -3.74. The molecule has 0 heterocycles. The van der Waals surface area contributed by atoms with Gasteiger partial charge in [-0.05, 0) is 47.5 Å². The van der Waals surface area contributed by atoms with E-state index in [1.54, 1.807) is 60.7 Å². The van der Waals surface area contributed by atoms with E-state index >= 15 is 0 Å². The number of hydrogen-bond donors (Lipinski definition) is 0. The van der Waals surface area contributed by atoms with Crippen molar-refractivity contribution in [1.82, 2.24) is 0 Å². The van der Waals surface area contributed by atoms with E-state index in [0.717, 1.165) is 0 Å². The summed E-state index contributed by atoms with van der Waals surface area (Å²) >= 11 is 0. The van der Waals surface area contributed by atoms with Crippen molar-refractivity contribution in [2.45, 2.75) is 9.79 Å². The maximum Gasteiger partial charge on any atom is 0.206 e. The maximum absolute atomic E-state index is 13.9. The molecule has 0 unspecified atom stereocenters. The third-order valence-electron chi connectivity index (χ3n) is 4.70. The fourth-order valence-corrected chi connectivity index (χ4v) is 4.41. The summed E-state index contributed by atoms with van der Waals surface area (Å²) in [6.45, 7) is 0.